The minimum atomic E-state index is -1.00. The smallest absolute Gasteiger partial charge is 0.868 e. The number of halogens is 4. The number of ether oxygens (including phenoxy) is 2. The van der Waals surface area contributed by atoms with Crippen LogP contribution in [-0.2, 0) is 35.4 Å². The standard InChI is InChI=1S/2C23H24ClFN2O5.Na/c2*1-3-27-22(31)19-21(30)20(29)15(11-26(19)12-23(27)9-14(10-23)32-2)17(28)8-7-13-5-4-6-16(24)18(13)25;/h2*4-6,11,14,30H,3,7-10,12H2,1-2H3;/q;;+1/p-1. The zero-order chi connectivity index (χ0) is 46.4. The molecule has 2 aromatic heterocycles. The molecule has 1 N–H and O–H groups in total. The van der Waals surface area contributed by atoms with E-state index in [0.29, 0.717) is 51.9 Å². The average molecular weight is 948 g/mol. The topological polar surface area (TPSA) is 181 Å². The molecule has 0 bridgehead atoms. The molecule has 2 aliphatic heterocycles. The summed E-state index contributed by atoms with van der Waals surface area (Å²) in [6, 6.07) is 9.01. The number of likely N-dealkylation sites (N-methyl/N-ethyl adjacent to an activating group) is 2. The van der Waals surface area contributed by atoms with Crippen molar-refractivity contribution < 1.29 is 77.2 Å². The van der Waals surface area contributed by atoms with Crippen LogP contribution in [0.3, 0.4) is 0 Å². The first-order chi connectivity index (χ1) is 30.4. The van der Waals surface area contributed by atoms with E-state index < -0.39 is 68.4 Å². The van der Waals surface area contributed by atoms with Gasteiger partial charge in [-0.3, -0.25) is 28.8 Å². The maximum absolute atomic E-state index is 14.1. The average Bonchev–Trinajstić information content (AvgIpc) is 3.24. The third kappa shape index (κ3) is 9.07. The van der Waals surface area contributed by atoms with Crippen molar-refractivity contribution in [2.24, 2.45) is 0 Å². The molecule has 0 radical (unpaired) electrons. The van der Waals surface area contributed by atoms with Crippen LogP contribution in [0.25, 0.3) is 0 Å². The number of fused-ring (bicyclic) bond motifs is 2. The molecule has 4 aliphatic rings. The van der Waals surface area contributed by atoms with E-state index >= 15 is 0 Å². The van der Waals surface area contributed by atoms with Gasteiger partial charge in [0.15, 0.2) is 28.4 Å². The van der Waals surface area contributed by atoms with Crippen LogP contribution in [0, 0.1) is 11.6 Å². The number of hydrogen-bond acceptors (Lipinski definition) is 10. The fraction of sp³-hybridized carbons (Fsp3) is 0.435. The third-order valence-electron chi connectivity index (χ3n) is 13.1. The second-order valence-corrected chi connectivity index (χ2v) is 17.5. The van der Waals surface area contributed by atoms with Crippen LogP contribution in [0.1, 0.15) is 105 Å². The minimum absolute atomic E-state index is 0. The fourth-order valence-electron chi connectivity index (χ4n) is 9.69. The summed E-state index contributed by atoms with van der Waals surface area (Å²) in [7, 11) is 3.23. The van der Waals surface area contributed by atoms with Gasteiger partial charge < -0.3 is 38.6 Å². The largest absolute Gasteiger partial charge is 1.00 e. The Kier molecular flexibility index (Phi) is 15.2. The summed E-state index contributed by atoms with van der Waals surface area (Å²) in [6.07, 6.45) is 4.95. The molecule has 2 amide bonds. The number of nitrogens with zero attached hydrogens (tertiary/aromatic N) is 4. The molecule has 2 saturated carbocycles. The quantitative estimate of drug-likeness (QED) is 0.164. The van der Waals surface area contributed by atoms with Gasteiger partial charge in [-0.05, 0) is 81.4 Å². The normalized spacial score (nSPS) is 21.7. The number of benzene rings is 2. The number of amides is 2. The van der Waals surface area contributed by atoms with E-state index in [1.807, 2.05) is 13.8 Å². The predicted molar refractivity (Wildman–Crippen MR) is 230 cm³/mol. The first-order valence-corrected chi connectivity index (χ1v) is 21.7. The summed E-state index contributed by atoms with van der Waals surface area (Å²) >= 11 is 11.6. The number of Topliss-reactive ketones (excluding diaryl/α,β-unsaturated/α-hetero) is 2. The Hall–Kier alpha value is -4.42. The summed E-state index contributed by atoms with van der Waals surface area (Å²) in [4.78, 5) is 80.5. The van der Waals surface area contributed by atoms with E-state index in [1.165, 1.54) is 45.8 Å². The monoisotopic (exact) mass is 946 g/mol. The summed E-state index contributed by atoms with van der Waals surface area (Å²) in [5, 5.41) is 23.2. The number of carbonyl (C=O) groups is 4. The Balaban J connectivity index is 0.000000212. The summed E-state index contributed by atoms with van der Waals surface area (Å²) in [5.41, 5.74) is -3.20. The number of carbonyl (C=O) groups excluding carboxylic acids is 4. The number of hydrogen-bond donors (Lipinski definition) is 1. The van der Waals surface area contributed by atoms with Crippen molar-refractivity contribution >= 4 is 46.6 Å². The van der Waals surface area contributed by atoms with E-state index in [4.69, 9.17) is 32.7 Å². The molecular formula is C46H47Cl2F2N4NaO10. The predicted octanol–water partition coefficient (Wildman–Crippen LogP) is 2.74. The number of rotatable bonds is 12. The number of aryl methyl sites for hydroxylation is 2. The van der Waals surface area contributed by atoms with Crippen molar-refractivity contribution in [2.45, 2.75) is 102 Å². The summed E-state index contributed by atoms with van der Waals surface area (Å²) < 4.78 is 41.9. The number of aromatic nitrogens is 2. The molecule has 0 saturated heterocycles. The van der Waals surface area contributed by atoms with E-state index in [-0.39, 0.29) is 111 Å². The summed E-state index contributed by atoms with van der Waals surface area (Å²) in [6.45, 7) is 5.14. The fourth-order valence-corrected chi connectivity index (χ4v) is 10.1. The maximum Gasteiger partial charge on any atom is 1.00 e. The van der Waals surface area contributed by atoms with Crippen LogP contribution in [0.2, 0.25) is 10.0 Å². The zero-order valence-corrected chi connectivity index (χ0v) is 40.2. The van der Waals surface area contributed by atoms with E-state index in [2.05, 4.69) is 0 Å². The zero-order valence-electron chi connectivity index (χ0n) is 36.7. The van der Waals surface area contributed by atoms with E-state index in [0.717, 1.165) is 0 Å². The molecule has 2 aliphatic carbocycles. The van der Waals surface area contributed by atoms with Gasteiger partial charge in [-0.1, -0.05) is 47.5 Å². The molecule has 2 fully saturated rings. The van der Waals surface area contributed by atoms with Crippen molar-refractivity contribution in [3.63, 3.8) is 0 Å². The van der Waals surface area contributed by atoms with Crippen LogP contribution >= 0.6 is 23.2 Å². The number of ketones is 2. The molecule has 19 heteroatoms. The Morgan fingerprint density at radius 1 is 0.723 bits per heavy atom. The molecular weight excluding hydrogens is 900 g/mol. The van der Waals surface area contributed by atoms with Crippen LogP contribution < -0.4 is 45.5 Å². The Bertz CT molecular complexity index is 2500. The van der Waals surface area contributed by atoms with Gasteiger partial charge in [0, 0.05) is 65.6 Å². The van der Waals surface area contributed by atoms with Gasteiger partial charge in [-0.25, -0.2) is 8.78 Å². The molecule has 340 valence electrons. The Morgan fingerprint density at radius 3 is 1.54 bits per heavy atom. The first kappa shape index (κ1) is 50.0. The maximum atomic E-state index is 14.1. The Morgan fingerprint density at radius 2 is 1.12 bits per heavy atom. The molecule has 8 rings (SSSR count). The van der Waals surface area contributed by atoms with Gasteiger partial charge >= 0.3 is 29.6 Å². The minimum Gasteiger partial charge on any atom is -0.868 e. The van der Waals surface area contributed by atoms with Gasteiger partial charge in [-0.15, -0.1) is 0 Å². The molecule has 2 spiro atoms. The van der Waals surface area contributed by atoms with Crippen molar-refractivity contribution in [1.82, 2.24) is 18.9 Å². The second kappa shape index (κ2) is 19.8. The van der Waals surface area contributed by atoms with Crippen molar-refractivity contribution in [3.05, 3.63) is 125 Å². The van der Waals surface area contributed by atoms with E-state index in [1.54, 1.807) is 36.2 Å². The van der Waals surface area contributed by atoms with Crippen molar-refractivity contribution in [1.29, 1.82) is 0 Å². The van der Waals surface area contributed by atoms with Crippen LogP contribution in [0.15, 0.2) is 58.4 Å². The number of aromatic hydroxyl groups is 1. The number of methoxy groups -OCH3 is 2. The second-order valence-electron chi connectivity index (χ2n) is 16.7. The van der Waals surface area contributed by atoms with Crippen LogP contribution in [0.4, 0.5) is 8.78 Å². The molecule has 4 aromatic rings. The van der Waals surface area contributed by atoms with Gasteiger partial charge in [0.1, 0.15) is 17.3 Å². The van der Waals surface area contributed by atoms with Gasteiger partial charge in [0.25, 0.3) is 11.8 Å². The van der Waals surface area contributed by atoms with Crippen LogP contribution in [-0.4, -0.2) is 98.0 Å². The molecule has 14 nitrogen and oxygen atoms in total. The molecule has 0 unspecified atom stereocenters. The third-order valence-corrected chi connectivity index (χ3v) is 13.7. The Labute approximate surface area is 405 Å². The number of pyridine rings is 2. The van der Waals surface area contributed by atoms with Gasteiger partial charge in [0.2, 0.25) is 5.43 Å². The first-order valence-electron chi connectivity index (χ1n) is 21.0. The van der Waals surface area contributed by atoms with Crippen molar-refractivity contribution in [3.8, 4) is 11.5 Å². The SMILES string of the molecule is CCN1C(=O)c2c(O)c(=O)c(C(=O)CCc3cccc(Cl)c3F)cn2CC12CC(OC)C2.CCN1C(=O)c2c([O-])c(=O)c(C(=O)CCc3cccc(Cl)c3F)cn2CC12CC(OC)C2.[Na+]. The van der Waals surface area contributed by atoms with E-state index in [9.17, 15) is 47.8 Å². The summed E-state index contributed by atoms with van der Waals surface area (Å²) in [5.74, 6) is -4.99. The van der Waals surface area contributed by atoms with Gasteiger partial charge in [-0.2, -0.15) is 0 Å². The molecule has 2 aromatic carbocycles. The molecule has 0 atom stereocenters. The molecule has 4 heterocycles. The van der Waals surface area contributed by atoms with Crippen molar-refractivity contribution in [2.75, 3.05) is 27.3 Å². The van der Waals surface area contributed by atoms with Gasteiger partial charge in [0.05, 0.1) is 44.5 Å². The molecule has 65 heavy (non-hydrogen) atoms. The van der Waals surface area contributed by atoms with Crippen LogP contribution in [0.5, 0.6) is 11.5 Å².